The molecule has 4 rings (SSSR count). The van der Waals surface area contributed by atoms with E-state index in [0.29, 0.717) is 29.6 Å². The lowest BCUT2D eigenvalue weighted by molar-refractivity contribution is -0.119. The first-order valence-electron chi connectivity index (χ1n) is 9.12. The van der Waals surface area contributed by atoms with E-state index >= 15 is 0 Å². The summed E-state index contributed by atoms with van der Waals surface area (Å²) >= 11 is 0. The Hall–Kier alpha value is -3.82. The number of amides is 2. The van der Waals surface area contributed by atoms with E-state index in [1.807, 2.05) is 30.3 Å². The van der Waals surface area contributed by atoms with Gasteiger partial charge in [-0.05, 0) is 12.5 Å². The summed E-state index contributed by atoms with van der Waals surface area (Å²) in [6, 6.07) is 8.95. The Labute approximate surface area is 166 Å². The van der Waals surface area contributed by atoms with E-state index in [4.69, 9.17) is 0 Å². The molecule has 3 N–H and O–H groups in total. The van der Waals surface area contributed by atoms with Crippen molar-refractivity contribution in [3.63, 3.8) is 0 Å². The average molecular weight is 392 g/mol. The minimum Gasteiger partial charge on any atom is -0.366 e. The van der Waals surface area contributed by atoms with Crippen LogP contribution in [0.1, 0.15) is 27.8 Å². The van der Waals surface area contributed by atoms with Gasteiger partial charge in [0.25, 0.3) is 11.8 Å². The lowest BCUT2D eigenvalue weighted by atomic mass is 10.1. The number of rotatable bonds is 4. The fraction of sp³-hybridized carbons (Fsp3) is 0.263. The molecule has 0 unspecified atom stereocenters. The summed E-state index contributed by atoms with van der Waals surface area (Å²) in [5.41, 5.74) is 1.61. The molecule has 0 bridgehead atoms. The molecule has 2 aromatic heterocycles. The Morgan fingerprint density at radius 1 is 1.28 bits per heavy atom. The fourth-order valence-electron chi connectivity index (χ4n) is 3.08. The van der Waals surface area contributed by atoms with Crippen molar-refractivity contribution in [1.82, 2.24) is 30.5 Å². The van der Waals surface area contributed by atoms with Gasteiger partial charge in [0, 0.05) is 20.0 Å². The Morgan fingerprint density at radius 3 is 2.86 bits per heavy atom. The minimum atomic E-state index is -0.793. The third-order valence-corrected chi connectivity index (χ3v) is 4.61. The maximum absolute atomic E-state index is 12.8. The predicted octanol–water partition coefficient (Wildman–Crippen LogP) is 0.681. The highest BCUT2D eigenvalue weighted by Gasteiger charge is 2.31. The molecule has 148 valence electrons. The van der Waals surface area contributed by atoms with E-state index < -0.39 is 11.9 Å². The number of H-pyrrole nitrogens is 1. The summed E-state index contributed by atoms with van der Waals surface area (Å²) < 4.78 is 0. The molecular weight excluding hydrogens is 372 g/mol. The number of hydrogen-bond acceptors (Lipinski definition) is 7. The number of fused-ring (bicyclic) bond motifs is 1. The SMILES string of the molecule is Cc1ncc2c(n1)NC[C@@H](NC(=O)c1n[nH]c(Cc3ccccc3)n1)C(=O)N2C. The normalized spacial score (nSPS) is 16.0. The molecule has 0 saturated heterocycles. The first kappa shape index (κ1) is 18.5. The summed E-state index contributed by atoms with van der Waals surface area (Å²) in [6.07, 6.45) is 2.11. The molecule has 3 aromatic rings. The number of aromatic nitrogens is 5. The van der Waals surface area contributed by atoms with Crippen molar-refractivity contribution in [1.29, 1.82) is 0 Å². The van der Waals surface area contributed by atoms with E-state index in [-0.39, 0.29) is 18.3 Å². The van der Waals surface area contributed by atoms with Crippen molar-refractivity contribution in [2.75, 3.05) is 23.8 Å². The van der Waals surface area contributed by atoms with Gasteiger partial charge in [-0.25, -0.2) is 15.0 Å². The van der Waals surface area contributed by atoms with Gasteiger partial charge in [0.15, 0.2) is 5.82 Å². The molecule has 1 aliphatic heterocycles. The zero-order valence-corrected chi connectivity index (χ0v) is 16.0. The lowest BCUT2D eigenvalue weighted by Crippen LogP contribution is -2.49. The topological polar surface area (TPSA) is 129 Å². The van der Waals surface area contributed by atoms with Crippen LogP contribution in [0.3, 0.4) is 0 Å². The highest BCUT2D eigenvalue weighted by atomic mass is 16.2. The highest BCUT2D eigenvalue weighted by Crippen LogP contribution is 2.25. The number of aromatic amines is 1. The van der Waals surface area contributed by atoms with Crippen molar-refractivity contribution in [3.8, 4) is 0 Å². The quantitative estimate of drug-likeness (QED) is 0.595. The Bertz CT molecular complexity index is 1050. The molecule has 10 heteroatoms. The Balaban J connectivity index is 1.45. The van der Waals surface area contributed by atoms with Crippen LogP contribution in [-0.4, -0.2) is 56.6 Å². The number of nitrogens with one attached hydrogen (secondary N) is 3. The van der Waals surface area contributed by atoms with Gasteiger partial charge in [-0.3, -0.25) is 14.7 Å². The van der Waals surface area contributed by atoms with Gasteiger partial charge in [0.05, 0.1) is 6.20 Å². The summed E-state index contributed by atoms with van der Waals surface area (Å²) in [7, 11) is 1.62. The molecule has 1 atom stereocenters. The van der Waals surface area contributed by atoms with Gasteiger partial charge < -0.3 is 15.5 Å². The first-order chi connectivity index (χ1) is 14.0. The summed E-state index contributed by atoms with van der Waals surface area (Å²) in [5.74, 6) is 0.893. The number of hydrogen-bond donors (Lipinski definition) is 3. The van der Waals surface area contributed by atoms with Gasteiger partial charge in [-0.1, -0.05) is 30.3 Å². The van der Waals surface area contributed by atoms with Gasteiger partial charge in [0.1, 0.15) is 23.4 Å². The molecule has 0 aliphatic carbocycles. The largest absolute Gasteiger partial charge is 0.366 e. The molecule has 0 saturated carbocycles. The van der Waals surface area contributed by atoms with E-state index in [1.165, 1.54) is 4.90 Å². The van der Waals surface area contributed by atoms with Crippen LogP contribution in [0, 0.1) is 6.92 Å². The summed E-state index contributed by atoms with van der Waals surface area (Å²) in [5, 5.41) is 12.5. The Morgan fingerprint density at radius 2 is 2.07 bits per heavy atom. The van der Waals surface area contributed by atoms with Crippen LogP contribution in [0.4, 0.5) is 11.5 Å². The van der Waals surface area contributed by atoms with E-state index in [0.717, 1.165) is 5.56 Å². The summed E-state index contributed by atoms with van der Waals surface area (Å²) in [4.78, 5) is 39.5. The predicted molar refractivity (Wildman–Crippen MR) is 106 cm³/mol. The fourth-order valence-corrected chi connectivity index (χ4v) is 3.08. The third-order valence-electron chi connectivity index (χ3n) is 4.61. The molecule has 1 aliphatic rings. The average Bonchev–Trinajstić information content (AvgIpc) is 3.15. The second kappa shape index (κ2) is 7.66. The highest BCUT2D eigenvalue weighted by molar-refractivity contribution is 6.03. The lowest BCUT2D eigenvalue weighted by Gasteiger charge is -2.20. The molecule has 3 heterocycles. The standard InChI is InChI=1S/C19H20N8O2/c1-11-20-10-14-16(22-11)21-9-13(19(29)27(14)2)23-18(28)17-24-15(25-26-17)8-12-6-4-3-5-7-12/h3-7,10,13H,8-9H2,1-2H3,(H,23,28)(H,20,21,22)(H,24,25,26)/t13-/m1/s1. The molecule has 1 aromatic carbocycles. The number of carbonyl (C=O) groups excluding carboxylic acids is 2. The zero-order valence-electron chi connectivity index (χ0n) is 16.0. The van der Waals surface area contributed by atoms with Gasteiger partial charge in [0.2, 0.25) is 5.82 Å². The molecule has 29 heavy (non-hydrogen) atoms. The third kappa shape index (κ3) is 3.91. The number of anilines is 2. The van der Waals surface area contributed by atoms with Crippen LogP contribution in [0.25, 0.3) is 0 Å². The van der Waals surface area contributed by atoms with Crippen molar-refractivity contribution in [2.45, 2.75) is 19.4 Å². The van der Waals surface area contributed by atoms with Crippen molar-refractivity contribution >= 4 is 23.3 Å². The maximum atomic E-state index is 12.8. The van der Waals surface area contributed by atoms with Gasteiger partial charge in [-0.15, -0.1) is 5.10 Å². The van der Waals surface area contributed by atoms with E-state index in [1.54, 1.807) is 20.2 Å². The molecule has 10 nitrogen and oxygen atoms in total. The van der Waals surface area contributed by atoms with Crippen molar-refractivity contribution in [2.24, 2.45) is 0 Å². The smallest absolute Gasteiger partial charge is 0.291 e. The summed E-state index contributed by atoms with van der Waals surface area (Å²) in [6.45, 7) is 1.96. The van der Waals surface area contributed by atoms with Gasteiger partial charge >= 0.3 is 0 Å². The zero-order chi connectivity index (χ0) is 20.4. The van der Waals surface area contributed by atoms with Crippen molar-refractivity contribution in [3.05, 3.63) is 59.6 Å². The van der Waals surface area contributed by atoms with Crippen LogP contribution in [0.15, 0.2) is 36.5 Å². The van der Waals surface area contributed by atoms with Crippen LogP contribution in [-0.2, 0) is 11.2 Å². The second-order valence-electron chi connectivity index (χ2n) is 6.72. The molecular formula is C19H20N8O2. The number of likely N-dealkylation sites (N-methyl/N-ethyl adjacent to an activating group) is 1. The molecule has 0 spiro atoms. The number of aryl methyl sites for hydroxylation is 1. The number of nitrogens with zero attached hydrogens (tertiary/aromatic N) is 5. The van der Waals surface area contributed by atoms with Crippen LogP contribution < -0.4 is 15.5 Å². The minimum absolute atomic E-state index is 0.0104. The van der Waals surface area contributed by atoms with Crippen LogP contribution in [0.2, 0.25) is 0 Å². The van der Waals surface area contributed by atoms with E-state index in [2.05, 4.69) is 35.8 Å². The molecule has 0 radical (unpaired) electrons. The number of benzene rings is 1. The Kier molecular flexibility index (Phi) is 4.90. The second-order valence-corrected chi connectivity index (χ2v) is 6.72. The van der Waals surface area contributed by atoms with Gasteiger partial charge in [-0.2, -0.15) is 0 Å². The van der Waals surface area contributed by atoms with Crippen LogP contribution >= 0.6 is 0 Å². The molecule has 0 fully saturated rings. The van der Waals surface area contributed by atoms with E-state index in [9.17, 15) is 9.59 Å². The first-order valence-corrected chi connectivity index (χ1v) is 9.12. The van der Waals surface area contributed by atoms with Crippen molar-refractivity contribution < 1.29 is 9.59 Å². The molecule has 2 amide bonds. The maximum Gasteiger partial charge on any atom is 0.291 e. The number of carbonyl (C=O) groups is 2. The van der Waals surface area contributed by atoms with Crippen LogP contribution in [0.5, 0.6) is 0 Å². The monoisotopic (exact) mass is 392 g/mol.